The molecule has 0 aliphatic carbocycles. The molecular formula is C13H14N2OS. The first-order valence-electron chi connectivity index (χ1n) is 5.50. The van der Waals surface area contributed by atoms with E-state index in [0.717, 1.165) is 22.6 Å². The number of ether oxygens (including phenoxy) is 1. The summed E-state index contributed by atoms with van der Waals surface area (Å²) in [4.78, 5) is 7.19. The molecule has 0 radical (unpaired) electrons. The molecule has 0 aliphatic rings. The van der Waals surface area contributed by atoms with E-state index in [9.17, 15) is 0 Å². The van der Waals surface area contributed by atoms with Crippen molar-refractivity contribution in [3.63, 3.8) is 0 Å². The standard InChI is InChI=1S/C13H14N2OS/c1-3-16-11-7-5-4-6-10(11)12-9(2)13(17)15-8-14-12/h4-8H,3H2,1-2H3,(H,14,15,17). The van der Waals surface area contributed by atoms with Gasteiger partial charge in [0.1, 0.15) is 10.4 Å². The normalized spacial score (nSPS) is 10.2. The fourth-order valence-corrected chi connectivity index (χ4v) is 1.86. The van der Waals surface area contributed by atoms with E-state index in [4.69, 9.17) is 17.0 Å². The monoisotopic (exact) mass is 246 g/mol. The van der Waals surface area contributed by atoms with Gasteiger partial charge in [-0.1, -0.05) is 24.4 Å². The molecular weight excluding hydrogens is 232 g/mol. The largest absolute Gasteiger partial charge is 0.493 e. The number of H-pyrrole nitrogens is 1. The molecule has 0 spiro atoms. The van der Waals surface area contributed by atoms with Gasteiger partial charge in [0.05, 0.1) is 18.6 Å². The SMILES string of the molecule is CCOc1ccccc1-c1[nH]cnc(=S)c1C. The highest BCUT2D eigenvalue weighted by Gasteiger charge is 2.09. The molecule has 1 heterocycles. The molecule has 2 aromatic rings. The highest BCUT2D eigenvalue weighted by Crippen LogP contribution is 2.30. The summed E-state index contributed by atoms with van der Waals surface area (Å²) in [5, 5.41) is 0. The molecule has 0 aliphatic heterocycles. The van der Waals surface area contributed by atoms with Gasteiger partial charge in [-0.05, 0) is 26.0 Å². The van der Waals surface area contributed by atoms with Crippen LogP contribution in [0.3, 0.4) is 0 Å². The van der Waals surface area contributed by atoms with E-state index >= 15 is 0 Å². The van der Waals surface area contributed by atoms with Crippen LogP contribution in [0.4, 0.5) is 0 Å². The Morgan fingerprint density at radius 2 is 2.12 bits per heavy atom. The van der Waals surface area contributed by atoms with Crippen LogP contribution < -0.4 is 4.74 Å². The molecule has 0 amide bonds. The molecule has 3 nitrogen and oxygen atoms in total. The summed E-state index contributed by atoms with van der Waals surface area (Å²) < 4.78 is 6.23. The van der Waals surface area contributed by atoms with Gasteiger partial charge in [0.25, 0.3) is 0 Å². The molecule has 1 aromatic carbocycles. The van der Waals surface area contributed by atoms with Gasteiger partial charge in [0, 0.05) is 11.1 Å². The Morgan fingerprint density at radius 3 is 2.88 bits per heavy atom. The Labute approximate surface area is 105 Å². The van der Waals surface area contributed by atoms with Gasteiger partial charge in [-0.2, -0.15) is 0 Å². The number of para-hydroxylation sites is 1. The van der Waals surface area contributed by atoms with Crippen molar-refractivity contribution >= 4 is 12.2 Å². The second kappa shape index (κ2) is 5.10. The van der Waals surface area contributed by atoms with Crippen LogP contribution in [0.1, 0.15) is 12.5 Å². The van der Waals surface area contributed by atoms with Gasteiger partial charge in [0.15, 0.2) is 0 Å². The lowest BCUT2D eigenvalue weighted by atomic mass is 10.1. The lowest BCUT2D eigenvalue weighted by molar-refractivity contribution is 0.341. The lowest BCUT2D eigenvalue weighted by Crippen LogP contribution is -1.97. The highest BCUT2D eigenvalue weighted by molar-refractivity contribution is 7.71. The van der Waals surface area contributed by atoms with Crippen molar-refractivity contribution in [3.8, 4) is 17.0 Å². The maximum absolute atomic E-state index is 5.61. The van der Waals surface area contributed by atoms with E-state index in [1.54, 1.807) is 6.33 Å². The van der Waals surface area contributed by atoms with Crippen molar-refractivity contribution in [2.24, 2.45) is 0 Å². The van der Waals surface area contributed by atoms with Gasteiger partial charge >= 0.3 is 0 Å². The average Bonchev–Trinajstić information content (AvgIpc) is 2.34. The summed E-state index contributed by atoms with van der Waals surface area (Å²) in [6, 6.07) is 7.91. The molecule has 0 bridgehead atoms. The third-order valence-electron chi connectivity index (χ3n) is 2.54. The number of aromatic amines is 1. The van der Waals surface area contributed by atoms with Crippen molar-refractivity contribution in [1.29, 1.82) is 0 Å². The predicted molar refractivity (Wildman–Crippen MR) is 70.8 cm³/mol. The van der Waals surface area contributed by atoms with Crippen LogP contribution in [0, 0.1) is 11.6 Å². The number of nitrogens with zero attached hydrogens (tertiary/aromatic N) is 1. The lowest BCUT2D eigenvalue weighted by Gasteiger charge is -2.11. The zero-order chi connectivity index (χ0) is 12.3. The second-order valence-electron chi connectivity index (χ2n) is 3.64. The zero-order valence-electron chi connectivity index (χ0n) is 9.86. The number of hydrogen-bond donors (Lipinski definition) is 1. The maximum atomic E-state index is 5.61. The van der Waals surface area contributed by atoms with Gasteiger partial charge < -0.3 is 9.72 Å². The number of nitrogens with one attached hydrogen (secondary N) is 1. The third kappa shape index (κ3) is 2.36. The predicted octanol–water partition coefficient (Wildman–Crippen LogP) is 3.51. The Balaban J connectivity index is 2.60. The van der Waals surface area contributed by atoms with Crippen molar-refractivity contribution < 1.29 is 4.74 Å². The Bertz CT molecular complexity index is 578. The Kier molecular flexibility index (Phi) is 3.54. The molecule has 0 saturated heterocycles. The smallest absolute Gasteiger partial charge is 0.132 e. The molecule has 88 valence electrons. The quantitative estimate of drug-likeness (QED) is 0.842. The van der Waals surface area contributed by atoms with E-state index in [0.29, 0.717) is 11.2 Å². The summed E-state index contributed by atoms with van der Waals surface area (Å²) in [6.07, 6.45) is 1.62. The first-order valence-corrected chi connectivity index (χ1v) is 5.91. The molecule has 17 heavy (non-hydrogen) atoms. The summed E-state index contributed by atoms with van der Waals surface area (Å²) >= 11 is 5.18. The van der Waals surface area contributed by atoms with Crippen molar-refractivity contribution in [2.75, 3.05) is 6.61 Å². The maximum Gasteiger partial charge on any atom is 0.132 e. The fraction of sp³-hybridized carbons (Fsp3) is 0.231. The van der Waals surface area contributed by atoms with Crippen LogP contribution in [-0.2, 0) is 0 Å². The van der Waals surface area contributed by atoms with E-state index in [1.165, 1.54) is 0 Å². The summed E-state index contributed by atoms with van der Waals surface area (Å²) in [5.41, 5.74) is 2.95. The van der Waals surface area contributed by atoms with Crippen LogP contribution in [0.15, 0.2) is 30.6 Å². The van der Waals surface area contributed by atoms with Crippen molar-refractivity contribution in [2.45, 2.75) is 13.8 Å². The number of benzene rings is 1. The minimum absolute atomic E-state index is 0.616. The zero-order valence-corrected chi connectivity index (χ0v) is 10.7. The molecule has 0 unspecified atom stereocenters. The molecule has 0 saturated carbocycles. The fourth-order valence-electron chi connectivity index (χ4n) is 1.70. The van der Waals surface area contributed by atoms with E-state index < -0.39 is 0 Å². The second-order valence-corrected chi connectivity index (χ2v) is 4.02. The van der Waals surface area contributed by atoms with Gasteiger partial charge in [0.2, 0.25) is 0 Å². The van der Waals surface area contributed by atoms with Crippen LogP contribution in [0.25, 0.3) is 11.3 Å². The molecule has 0 fully saturated rings. The Hall–Kier alpha value is -1.68. The molecule has 4 heteroatoms. The topological polar surface area (TPSA) is 37.9 Å². The summed E-state index contributed by atoms with van der Waals surface area (Å²) in [7, 11) is 0. The number of hydrogen-bond acceptors (Lipinski definition) is 3. The van der Waals surface area contributed by atoms with Crippen molar-refractivity contribution in [1.82, 2.24) is 9.97 Å². The van der Waals surface area contributed by atoms with Crippen LogP contribution in [0.2, 0.25) is 0 Å². The first-order chi connectivity index (χ1) is 8.24. The van der Waals surface area contributed by atoms with Crippen LogP contribution in [-0.4, -0.2) is 16.6 Å². The van der Waals surface area contributed by atoms with Gasteiger partial charge in [-0.15, -0.1) is 0 Å². The number of rotatable bonds is 3. The summed E-state index contributed by atoms with van der Waals surface area (Å²) in [6.45, 7) is 4.57. The highest BCUT2D eigenvalue weighted by atomic mass is 32.1. The van der Waals surface area contributed by atoms with Gasteiger partial charge in [-0.25, -0.2) is 4.98 Å². The Morgan fingerprint density at radius 1 is 1.35 bits per heavy atom. The first kappa shape index (κ1) is 11.8. The number of aromatic nitrogens is 2. The van der Waals surface area contributed by atoms with Crippen LogP contribution in [0.5, 0.6) is 5.75 Å². The van der Waals surface area contributed by atoms with E-state index in [-0.39, 0.29) is 0 Å². The van der Waals surface area contributed by atoms with E-state index in [1.807, 2.05) is 38.1 Å². The molecule has 1 N–H and O–H groups in total. The van der Waals surface area contributed by atoms with Crippen LogP contribution >= 0.6 is 12.2 Å². The molecule has 1 aromatic heterocycles. The molecule has 2 rings (SSSR count). The van der Waals surface area contributed by atoms with E-state index in [2.05, 4.69) is 9.97 Å². The minimum atomic E-state index is 0.616. The molecule has 0 atom stereocenters. The third-order valence-corrected chi connectivity index (χ3v) is 2.95. The van der Waals surface area contributed by atoms with Gasteiger partial charge in [-0.3, -0.25) is 0 Å². The minimum Gasteiger partial charge on any atom is -0.493 e. The average molecular weight is 246 g/mol. The summed E-state index contributed by atoms with van der Waals surface area (Å²) in [5.74, 6) is 0.856. The van der Waals surface area contributed by atoms with Crippen molar-refractivity contribution in [3.05, 3.63) is 40.8 Å².